The zero-order valence-corrected chi connectivity index (χ0v) is 11.8. The Labute approximate surface area is 119 Å². The van der Waals surface area contributed by atoms with Crippen molar-refractivity contribution in [2.45, 2.75) is 5.16 Å². The van der Waals surface area contributed by atoms with Crippen molar-refractivity contribution in [2.24, 2.45) is 5.73 Å². The molecule has 106 valence electrons. The monoisotopic (exact) mass is 295 g/mol. The number of rotatable bonds is 6. The Morgan fingerprint density at radius 3 is 2.85 bits per heavy atom. The number of nitrogens with zero attached hydrogens (tertiary/aromatic N) is 4. The topological polar surface area (TPSA) is 105 Å². The van der Waals surface area contributed by atoms with Crippen LogP contribution in [0.4, 0.5) is 0 Å². The minimum atomic E-state index is -0.439. The number of primary amides is 1. The van der Waals surface area contributed by atoms with Crippen LogP contribution < -0.4 is 15.2 Å². The van der Waals surface area contributed by atoms with Crippen LogP contribution in [0, 0.1) is 0 Å². The third-order valence-corrected chi connectivity index (χ3v) is 3.34. The van der Waals surface area contributed by atoms with Crippen molar-refractivity contribution in [1.82, 2.24) is 20.2 Å². The summed E-state index contributed by atoms with van der Waals surface area (Å²) in [5.74, 6) is 0.868. The molecule has 0 radical (unpaired) electrons. The van der Waals surface area contributed by atoms with Gasteiger partial charge >= 0.3 is 0 Å². The van der Waals surface area contributed by atoms with Crippen LogP contribution in [-0.2, 0) is 4.79 Å². The molecule has 2 rings (SSSR count). The molecule has 1 aromatic carbocycles. The number of carbonyl (C=O) groups excluding carboxylic acids is 1. The van der Waals surface area contributed by atoms with Gasteiger partial charge in [-0.2, -0.15) is 4.68 Å². The number of benzene rings is 1. The number of hydrogen-bond acceptors (Lipinski definition) is 7. The van der Waals surface area contributed by atoms with Crippen molar-refractivity contribution in [3.05, 3.63) is 18.2 Å². The van der Waals surface area contributed by atoms with E-state index >= 15 is 0 Å². The summed E-state index contributed by atoms with van der Waals surface area (Å²) in [5.41, 5.74) is 5.76. The quantitative estimate of drug-likeness (QED) is 0.762. The van der Waals surface area contributed by atoms with E-state index in [9.17, 15) is 4.79 Å². The van der Waals surface area contributed by atoms with Crippen LogP contribution in [0.1, 0.15) is 0 Å². The Hall–Kier alpha value is -2.29. The molecule has 0 fully saturated rings. The lowest BCUT2D eigenvalue weighted by Crippen LogP contribution is -2.14. The molecule has 0 saturated carbocycles. The van der Waals surface area contributed by atoms with Gasteiger partial charge in [-0.15, -0.1) is 5.10 Å². The van der Waals surface area contributed by atoms with E-state index in [1.807, 2.05) is 0 Å². The van der Waals surface area contributed by atoms with Gasteiger partial charge in [-0.05, 0) is 22.6 Å². The van der Waals surface area contributed by atoms with Crippen LogP contribution in [0.25, 0.3) is 5.69 Å². The van der Waals surface area contributed by atoms with Crippen molar-refractivity contribution >= 4 is 17.7 Å². The highest BCUT2D eigenvalue weighted by Gasteiger charge is 2.14. The third-order valence-electron chi connectivity index (χ3n) is 2.40. The van der Waals surface area contributed by atoms with Crippen molar-refractivity contribution in [1.29, 1.82) is 0 Å². The molecule has 2 aromatic rings. The van der Waals surface area contributed by atoms with E-state index in [-0.39, 0.29) is 5.75 Å². The zero-order chi connectivity index (χ0) is 14.5. The maximum Gasteiger partial charge on any atom is 0.227 e. The molecular formula is C11H13N5O3S. The summed E-state index contributed by atoms with van der Waals surface area (Å²) in [5, 5.41) is 11.8. The van der Waals surface area contributed by atoms with E-state index in [0.29, 0.717) is 22.3 Å². The van der Waals surface area contributed by atoms with Crippen LogP contribution in [-0.4, -0.2) is 46.1 Å². The summed E-state index contributed by atoms with van der Waals surface area (Å²) in [4.78, 5) is 10.8. The minimum Gasteiger partial charge on any atom is -0.497 e. The van der Waals surface area contributed by atoms with E-state index < -0.39 is 5.91 Å². The van der Waals surface area contributed by atoms with E-state index in [1.165, 1.54) is 4.68 Å². The van der Waals surface area contributed by atoms with Gasteiger partial charge < -0.3 is 15.2 Å². The lowest BCUT2D eigenvalue weighted by atomic mass is 10.3. The average Bonchev–Trinajstić information content (AvgIpc) is 2.92. The number of nitrogens with two attached hydrogens (primary N) is 1. The maximum atomic E-state index is 10.8. The fourth-order valence-electron chi connectivity index (χ4n) is 1.52. The second kappa shape index (κ2) is 6.24. The summed E-state index contributed by atoms with van der Waals surface area (Å²) in [7, 11) is 3.11. The van der Waals surface area contributed by atoms with Crippen LogP contribution in [0.3, 0.4) is 0 Å². The van der Waals surface area contributed by atoms with Gasteiger partial charge in [0, 0.05) is 6.07 Å². The van der Waals surface area contributed by atoms with Gasteiger partial charge in [-0.3, -0.25) is 4.79 Å². The maximum absolute atomic E-state index is 10.8. The minimum absolute atomic E-state index is 0.0961. The Balaban J connectivity index is 2.36. The van der Waals surface area contributed by atoms with E-state index in [0.717, 1.165) is 11.8 Å². The number of ether oxygens (including phenoxy) is 2. The average molecular weight is 295 g/mol. The standard InChI is InChI=1S/C11H13N5O3S/c1-18-7-3-4-8(9(5-7)19-2)16-11(13-14-15-16)20-6-10(12)17/h3-5H,6H2,1-2H3,(H2,12,17). The molecule has 0 spiro atoms. The summed E-state index contributed by atoms with van der Waals surface area (Å²) >= 11 is 1.15. The second-order valence-corrected chi connectivity index (χ2v) is 4.61. The smallest absolute Gasteiger partial charge is 0.227 e. The summed E-state index contributed by atoms with van der Waals surface area (Å²) in [6.07, 6.45) is 0. The van der Waals surface area contributed by atoms with Gasteiger partial charge in [0.05, 0.1) is 20.0 Å². The fourth-order valence-corrected chi connectivity index (χ4v) is 2.14. The van der Waals surface area contributed by atoms with E-state index in [1.54, 1.807) is 32.4 Å². The van der Waals surface area contributed by atoms with Gasteiger partial charge in [0.2, 0.25) is 11.1 Å². The normalized spacial score (nSPS) is 10.3. The number of amides is 1. The fraction of sp³-hybridized carbons (Fsp3) is 0.273. The Kier molecular flexibility index (Phi) is 4.41. The first-order valence-corrected chi connectivity index (χ1v) is 6.56. The summed E-state index contributed by atoms with van der Waals surface area (Å²) in [6, 6.07) is 5.25. The van der Waals surface area contributed by atoms with Crippen LogP contribution >= 0.6 is 11.8 Å². The molecular weight excluding hydrogens is 282 g/mol. The lowest BCUT2D eigenvalue weighted by molar-refractivity contribution is -0.115. The van der Waals surface area contributed by atoms with Gasteiger partial charge in [-0.25, -0.2) is 0 Å². The van der Waals surface area contributed by atoms with Gasteiger partial charge in [-0.1, -0.05) is 11.8 Å². The van der Waals surface area contributed by atoms with E-state index in [2.05, 4.69) is 15.5 Å². The summed E-state index contributed by atoms with van der Waals surface area (Å²) in [6.45, 7) is 0. The molecule has 1 amide bonds. The molecule has 1 heterocycles. The van der Waals surface area contributed by atoms with Crippen molar-refractivity contribution in [3.8, 4) is 17.2 Å². The molecule has 0 aliphatic heterocycles. The number of tetrazole rings is 1. The van der Waals surface area contributed by atoms with Crippen LogP contribution in [0.5, 0.6) is 11.5 Å². The summed E-state index contributed by atoms with van der Waals surface area (Å²) < 4.78 is 11.9. The molecule has 0 atom stereocenters. The molecule has 0 aliphatic carbocycles. The molecule has 0 unspecified atom stereocenters. The molecule has 0 aliphatic rings. The highest BCUT2D eigenvalue weighted by Crippen LogP contribution is 2.29. The molecule has 2 N–H and O–H groups in total. The largest absolute Gasteiger partial charge is 0.497 e. The SMILES string of the molecule is COc1ccc(-n2nnnc2SCC(N)=O)c(OC)c1. The number of hydrogen-bond donors (Lipinski definition) is 1. The van der Waals surface area contributed by atoms with E-state index in [4.69, 9.17) is 15.2 Å². The van der Waals surface area contributed by atoms with Crippen molar-refractivity contribution < 1.29 is 14.3 Å². The Morgan fingerprint density at radius 1 is 1.40 bits per heavy atom. The molecule has 0 saturated heterocycles. The molecule has 20 heavy (non-hydrogen) atoms. The Morgan fingerprint density at radius 2 is 2.20 bits per heavy atom. The first-order chi connectivity index (χ1) is 9.65. The zero-order valence-electron chi connectivity index (χ0n) is 10.9. The number of methoxy groups -OCH3 is 2. The highest BCUT2D eigenvalue weighted by atomic mass is 32.2. The van der Waals surface area contributed by atoms with Gasteiger partial charge in [0.25, 0.3) is 0 Å². The molecule has 9 heteroatoms. The molecule has 8 nitrogen and oxygen atoms in total. The lowest BCUT2D eigenvalue weighted by Gasteiger charge is -2.10. The van der Waals surface area contributed by atoms with Gasteiger partial charge in [0.1, 0.15) is 17.2 Å². The predicted octanol–water partition coefficient (Wildman–Crippen LogP) is 0.257. The molecule has 0 bridgehead atoms. The van der Waals surface area contributed by atoms with Crippen molar-refractivity contribution in [2.75, 3.05) is 20.0 Å². The van der Waals surface area contributed by atoms with Crippen LogP contribution in [0.15, 0.2) is 23.4 Å². The second-order valence-electron chi connectivity index (χ2n) is 3.67. The Bertz CT molecular complexity index is 616. The number of carbonyl (C=O) groups is 1. The third kappa shape index (κ3) is 2.99. The number of thioether (sulfide) groups is 1. The predicted molar refractivity (Wildman–Crippen MR) is 72.2 cm³/mol. The first-order valence-electron chi connectivity index (χ1n) is 5.57. The van der Waals surface area contributed by atoms with Crippen molar-refractivity contribution in [3.63, 3.8) is 0 Å². The van der Waals surface area contributed by atoms with Gasteiger partial charge in [0.15, 0.2) is 0 Å². The highest BCUT2D eigenvalue weighted by molar-refractivity contribution is 7.99. The molecule has 1 aromatic heterocycles. The first kappa shape index (κ1) is 14.1. The van der Waals surface area contributed by atoms with Crippen LogP contribution in [0.2, 0.25) is 0 Å². The number of aromatic nitrogens is 4.